The highest BCUT2D eigenvalue weighted by molar-refractivity contribution is 7.89. The van der Waals surface area contributed by atoms with Crippen molar-refractivity contribution in [3.8, 4) is 0 Å². The average Bonchev–Trinajstić information content (AvgIpc) is 2.43. The van der Waals surface area contributed by atoms with Gasteiger partial charge in [0.15, 0.2) is 0 Å². The van der Waals surface area contributed by atoms with E-state index in [0.29, 0.717) is 26.1 Å². The normalized spacial score (nSPS) is 18.1. The second-order valence-corrected chi connectivity index (χ2v) is 7.41. The van der Waals surface area contributed by atoms with Crippen LogP contribution in [0.1, 0.15) is 26.7 Å². The first-order chi connectivity index (χ1) is 10.2. The standard InChI is InChI=1S/C13H24N2O6S/c1-10(13(17)18)15(6-5-14-11(2)16)22(19,20)9-12-3-7-21-8-4-12/h10,12H,3-9H2,1-2H3,(H,14,16)(H,17,18). The molecule has 128 valence electrons. The quantitative estimate of drug-likeness (QED) is 0.627. The monoisotopic (exact) mass is 336 g/mol. The number of sulfonamides is 1. The first-order valence-corrected chi connectivity index (χ1v) is 8.89. The van der Waals surface area contributed by atoms with Crippen LogP contribution in [-0.4, -0.2) is 67.8 Å². The number of nitrogens with zero attached hydrogens (tertiary/aromatic N) is 1. The number of carbonyl (C=O) groups is 2. The molecule has 0 saturated carbocycles. The van der Waals surface area contributed by atoms with Crippen LogP contribution in [0.2, 0.25) is 0 Å². The fourth-order valence-electron chi connectivity index (χ4n) is 2.35. The molecule has 1 fully saturated rings. The largest absolute Gasteiger partial charge is 0.480 e. The minimum atomic E-state index is -3.72. The number of carboxylic acids is 1. The molecule has 0 aromatic heterocycles. The molecule has 0 radical (unpaired) electrons. The molecule has 2 N–H and O–H groups in total. The van der Waals surface area contributed by atoms with E-state index in [0.717, 1.165) is 4.31 Å². The SMILES string of the molecule is CC(=O)NCCN(C(C)C(=O)O)S(=O)(=O)CC1CCOCC1. The molecular weight excluding hydrogens is 312 g/mol. The molecule has 0 bridgehead atoms. The van der Waals surface area contributed by atoms with E-state index in [-0.39, 0.29) is 30.7 Å². The molecule has 1 unspecified atom stereocenters. The molecule has 22 heavy (non-hydrogen) atoms. The van der Waals surface area contributed by atoms with Crippen LogP contribution in [0.4, 0.5) is 0 Å². The molecule has 0 aromatic rings. The summed E-state index contributed by atoms with van der Waals surface area (Å²) in [5.74, 6) is -1.61. The maximum atomic E-state index is 12.5. The van der Waals surface area contributed by atoms with Gasteiger partial charge in [-0.1, -0.05) is 0 Å². The minimum Gasteiger partial charge on any atom is -0.480 e. The summed E-state index contributed by atoms with van der Waals surface area (Å²) in [5.41, 5.74) is 0. The fraction of sp³-hybridized carbons (Fsp3) is 0.846. The predicted molar refractivity (Wildman–Crippen MR) is 79.8 cm³/mol. The lowest BCUT2D eigenvalue weighted by atomic mass is 10.0. The van der Waals surface area contributed by atoms with Gasteiger partial charge in [-0.2, -0.15) is 4.31 Å². The van der Waals surface area contributed by atoms with E-state index < -0.39 is 22.0 Å². The van der Waals surface area contributed by atoms with Gasteiger partial charge in [0.1, 0.15) is 6.04 Å². The van der Waals surface area contributed by atoms with Gasteiger partial charge in [-0.3, -0.25) is 9.59 Å². The van der Waals surface area contributed by atoms with E-state index in [1.54, 1.807) is 0 Å². The second kappa shape index (κ2) is 8.44. The number of amides is 1. The Morgan fingerprint density at radius 2 is 1.95 bits per heavy atom. The number of nitrogens with one attached hydrogen (secondary N) is 1. The van der Waals surface area contributed by atoms with Crippen LogP contribution < -0.4 is 5.32 Å². The van der Waals surface area contributed by atoms with E-state index in [9.17, 15) is 18.0 Å². The van der Waals surface area contributed by atoms with E-state index in [1.807, 2.05) is 0 Å². The molecule has 1 amide bonds. The van der Waals surface area contributed by atoms with E-state index >= 15 is 0 Å². The van der Waals surface area contributed by atoms with Gasteiger partial charge in [-0.05, 0) is 25.7 Å². The molecule has 0 aromatic carbocycles. The second-order valence-electron chi connectivity index (χ2n) is 5.44. The topological polar surface area (TPSA) is 113 Å². The van der Waals surface area contributed by atoms with Crippen molar-refractivity contribution in [2.75, 3.05) is 32.1 Å². The van der Waals surface area contributed by atoms with Crippen LogP contribution in [0, 0.1) is 5.92 Å². The molecule has 0 aliphatic carbocycles. The lowest BCUT2D eigenvalue weighted by Gasteiger charge is -2.29. The molecule has 1 saturated heterocycles. The summed E-state index contributed by atoms with van der Waals surface area (Å²) in [7, 11) is -3.72. The van der Waals surface area contributed by atoms with Gasteiger partial charge in [-0.25, -0.2) is 8.42 Å². The van der Waals surface area contributed by atoms with Gasteiger partial charge in [-0.15, -0.1) is 0 Å². The third-order valence-corrected chi connectivity index (χ3v) is 5.75. The van der Waals surface area contributed by atoms with Crippen molar-refractivity contribution in [2.24, 2.45) is 5.92 Å². The van der Waals surface area contributed by atoms with Crippen LogP contribution in [0.5, 0.6) is 0 Å². The summed E-state index contributed by atoms with van der Waals surface area (Å²) in [6, 6.07) is -1.17. The van der Waals surface area contributed by atoms with E-state index in [1.165, 1.54) is 13.8 Å². The number of aliphatic carboxylic acids is 1. The van der Waals surface area contributed by atoms with E-state index in [4.69, 9.17) is 9.84 Å². The summed E-state index contributed by atoms with van der Waals surface area (Å²) >= 11 is 0. The van der Waals surface area contributed by atoms with Gasteiger partial charge in [0.2, 0.25) is 15.9 Å². The number of ether oxygens (including phenoxy) is 1. The Bertz CT molecular complexity index is 487. The third-order valence-electron chi connectivity index (χ3n) is 3.64. The molecule has 0 spiro atoms. The molecule has 1 rings (SSSR count). The van der Waals surface area contributed by atoms with Crippen LogP contribution in [0.25, 0.3) is 0 Å². The highest BCUT2D eigenvalue weighted by Gasteiger charge is 2.33. The zero-order chi connectivity index (χ0) is 16.8. The number of hydrogen-bond donors (Lipinski definition) is 2. The van der Waals surface area contributed by atoms with Gasteiger partial charge in [0.25, 0.3) is 0 Å². The molecule has 9 heteroatoms. The fourth-order valence-corrected chi connectivity index (χ4v) is 4.41. The molecular formula is C13H24N2O6S. The van der Waals surface area contributed by atoms with Crippen molar-refractivity contribution in [3.63, 3.8) is 0 Å². The lowest BCUT2D eigenvalue weighted by molar-refractivity contribution is -0.140. The number of hydrogen-bond acceptors (Lipinski definition) is 5. The van der Waals surface area contributed by atoms with Crippen LogP contribution in [0.15, 0.2) is 0 Å². The summed E-state index contributed by atoms with van der Waals surface area (Å²) in [5, 5.41) is 11.6. The highest BCUT2D eigenvalue weighted by atomic mass is 32.2. The third kappa shape index (κ3) is 5.90. The van der Waals surface area contributed by atoms with Crippen molar-refractivity contribution < 1.29 is 27.9 Å². The van der Waals surface area contributed by atoms with Gasteiger partial charge in [0, 0.05) is 33.2 Å². The highest BCUT2D eigenvalue weighted by Crippen LogP contribution is 2.20. The minimum absolute atomic E-state index is 0.0250. The molecule has 1 aliphatic heterocycles. The molecule has 1 aliphatic rings. The van der Waals surface area contributed by atoms with Gasteiger partial charge >= 0.3 is 5.97 Å². The predicted octanol–water partition coefficient (Wildman–Crippen LogP) is -0.346. The van der Waals surface area contributed by atoms with Crippen molar-refractivity contribution >= 4 is 21.9 Å². The Balaban J connectivity index is 2.77. The van der Waals surface area contributed by atoms with Crippen molar-refractivity contribution in [3.05, 3.63) is 0 Å². The van der Waals surface area contributed by atoms with Crippen molar-refractivity contribution in [1.29, 1.82) is 0 Å². The summed E-state index contributed by atoms with van der Waals surface area (Å²) in [6.07, 6.45) is 1.31. The van der Waals surface area contributed by atoms with Crippen molar-refractivity contribution in [1.82, 2.24) is 9.62 Å². The van der Waals surface area contributed by atoms with Crippen molar-refractivity contribution in [2.45, 2.75) is 32.7 Å². The maximum absolute atomic E-state index is 12.5. The van der Waals surface area contributed by atoms with Gasteiger partial charge in [0.05, 0.1) is 5.75 Å². The van der Waals surface area contributed by atoms with Gasteiger partial charge < -0.3 is 15.2 Å². The maximum Gasteiger partial charge on any atom is 0.321 e. The Hall–Kier alpha value is -1.19. The summed E-state index contributed by atoms with van der Waals surface area (Å²) < 4.78 is 31.2. The summed E-state index contributed by atoms with van der Waals surface area (Å²) in [4.78, 5) is 22.0. The Labute approximate surface area is 130 Å². The van der Waals surface area contributed by atoms with Crippen LogP contribution in [0.3, 0.4) is 0 Å². The van der Waals surface area contributed by atoms with Crippen LogP contribution >= 0.6 is 0 Å². The van der Waals surface area contributed by atoms with Crippen LogP contribution in [-0.2, 0) is 24.3 Å². The number of rotatable bonds is 8. The first kappa shape index (κ1) is 18.9. The number of carbonyl (C=O) groups excluding carboxylic acids is 1. The molecule has 1 heterocycles. The lowest BCUT2D eigenvalue weighted by Crippen LogP contribution is -2.48. The summed E-state index contributed by atoms with van der Waals surface area (Å²) in [6.45, 7) is 3.73. The zero-order valence-corrected chi connectivity index (χ0v) is 13.8. The zero-order valence-electron chi connectivity index (χ0n) is 12.9. The smallest absolute Gasteiger partial charge is 0.321 e. The Morgan fingerprint density at radius 1 is 1.36 bits per heavy atom. The molecule has 8 nitrogen and oxygen atoms in total. The average molecular weight is 336 g/mol. The van der Waals surface area contributed by atoms with E-state index in [2.05, 4.69) is 5.32 Å². The Kier molecular flexibility index (Phi) is 7.24. The number of carboxylic acid groups (broad SMARTS) is 1. The Morgan fingerprint density at radius 3 is 2.45 bits per heavy atom. The molecule has 1 atom stereocenters. The first-order valence-electron chi connectivity index (χ1n) is 7.28.